The van der Waals surface area contributed by atoms with Gasteiger partial charge in [-0.05, 0) is 57.5 Å². The van der Waals surface area contributed by atoms with E-state index in [1.165, 1.54) is 18.5 Å². The lowest BCUT2D eigenvalue weighted by Gasteiger charge is -2.21. The van der Waals surface area contributed by atoms with E-state index in [9.17, 15) is 14.0 Å². The lowest BCUT2D eigenvalue weighted by atomic mass is 10.1. The van der Waals surface area contributed by atoms with Crippen molar-refractivity contribution in [3.05, 3.63) is 59.6 Å². The minimum atomic E-state index is -0.743. The molecule has 0 aliphatic rings. The highest BCUT2D eigenvalue weighted by atomic mass is 35.5. The highest BCUT2D eigenvalue weighted by molar-refractivity contribution is 6.30. The highest BCUT2D eigenvalue weighted by Gasteiger charge is 2.22. The third-order valence-electron chi connectivity index (χ3n) is 4.86. The minimum absolute atomic E-state index is 0.144. The molecule has 196 valence electrons. The number of hydrogen-bond donors (Lipinski definition) is 1. The Labute approximate surface area is 220 Å². The highest BCUT2D eigenvalue weighted by Crippen LogP contribution is 2.36. The minimum Gasteiger partial charge on any atom is -0.444 e. The molecule has 0 radical (unpaired) electrons. The molecule has 0 aliphatic heterocycles. The summed E-state index contributed by atoms with van der Waals surface area (Å²) in [6, 6.07) is 9.12. The predicted octanol–water partition coefficient (Wildman–Crippen LogP) is 7.56. The SMILES string of the molecule is CCCCCC(=O)Oc1ccnc(-c2ccc(Oc3ncc(Cl)cc3F)cc2)c1NC(=O)OC(C)(C)C. The number of anilines is 1. The van der Waals surface area contributed by atoms with Crippen LogP contribution < -0.4 is 14.8 Å². The zero-order valence-corrected chi connectivity index (χ0v) is 21.9. The van der Waals surface area contributed by atoms with E-state index < -0.39 is 23.5 Å². The van der Waals surface area contributed by atoms with Crippen LogP contribution in [0.1, 0.15) is 53.4 Å². The molecule has 0 spiro atoms. The first-order valence-corrected chi connectivity index (χ1v) is 12.2. The lowest BCUT2D eigenvalue weighted by Crippen LogP contribution is -2.27. The molecule has 37 heavy (non-hydrogen) atoms. The Morgan fingerprint density at radius 1 is 1.08 bits per heavy atom. The smallest absolute Gasteiger partial charge is 0.412 e. The average Bonchev–Trinajstić information content (AvgIpc) is 2.81. The van der Waals surface area contributed by atoms with Gasteiger partial charge in [0.15, 0.2) is 11.6 Å². The Balaban J connectivity index is 1.90. The number of halogens is 2. The molecule has 10 heteroatoms. The van der Waals surface area contributed by atoms with Crippen LogP contribution in [0.4, 0.5) is 14.9 Å². The third kappa shape index (κ3) is 8.42. The van der Waals surface area contributed by atoms with Gasteiger partial charge >= 0.3 is 12.1 Å². The summed E-state index contributed by atoms with van der Waals surface area (Å²) in [5.74, 6) is -0.878. The first-order chi connectivity index (χ1) is 17.6. The van der Waals surface area contributed by atoms with E-state index in [0.717, 1.165) is 18.9 Å². The zero-order chi connectivity index (χ0) is 27.0. The van der Waals surface area contributed by atoms with E-state index in [0.29, 0.717) is 23.4 Å². The molecule has 0 saturated heterocycles. The standard InChI is InChI=1S/C27H29ClFN3O5/c1-5-6-7-8-22(33)36-21-13-14-30-23(24(21)32-26(34)37-27(2,3)4)17-9-11-19(12-10-17)35-25-20(29)15-18(28)16-31-25/h9-16H,5-8H2,1-4H3,(H,32,34). The molecule has 3 rings (SSSR count). The van der Waals surface area contributed by atoms with Gasteiger partial charge in [0.05, 0.1) is 10.7 Å². The van der Waals surface area contributed by atoms with E-state index in [1.807, 2.05) is 6.92 Å². The molecule has 2 aromatic heterocycles. The number of nitrogens with one attached hydrogen (secondary N) is 1. The van der Waals surface area contributed by atoms with Crippen molar-refractivity contribution in [2.24, 2.45) is 0 Å². The number of aromatic nitrogens is 2. The molecule has 1 aromatic carbocycles. The van der Waals surface area contributed by atoms with E-state index in [2.05, 4.69) is 15.3 Å². The van der Waals surface area contributed by atoms with Crippen LogP contribution in [0.3, 0.4) is 0 Å². The number of ether oxygens (including phenoxy) is 3. The number of benzene rings is 1. The monoisotopic (exact) mass is 529 g/mol. The number of carbonyl (C=O) groups is 2. The Bertz CT molecular complexity index is 1250. The van der Waals surface area contributed by atoms with Crippen LogP contribution in [0.5, 0.6) is 17.4 Å². The fraction of sp³-hybridized carbons (Fsp3) is 0.333. The molecule has 3 aromatic rings. The summed E-state index contributed by atoms with van der Waals surface area (Å²) in [5, 5.41) is 2.82. The normalized spacial score (nSPS) is 11.1. The number of amides is 1. The number of unbranched alkanes of at least 4 members (excludes halogenated alkanes) is 2. The number of rotatable bonds is 9. The number of esters is 1. The molecule has 0 aliphatic carbocycles. The van der Waals surface area contributed by atoms with Crippen LogP contribution in [-0.4, -0.2) is 27.6 Å². The molecule has 0 bridgehead atoms. The summed E-state index contributed by atoms with van der Waals surface area (Å²) >= 11 is 5.74. The second kappa shape index (κ2) is 12.5. The number of carbonyl (C=O) groups excluding carboxylic acids is 2. The zero-order valence-electron chi connectivity index (χ0n) is 21.1. The topological polar surface area (TPSA) is 99.6 Å². The lowest BCUT2D eigenvalue weighted by molar-refractivity contribution is -0.134. The molecule has 0 unspecified atom stereocenters. The quantitative estimate of drug-likeness (QED) is 0.225. The van der Waals surface area contributed by atoms with Gasteiger partial charge in [-0.1, -0.05) is 31.4 Å². The molecule has 0 fully saturated rings. The summed E-state index contributed by atoms with van der Waals surface area (Å²) in [7, 11) is 0. The predicted molar refractivity (Wildman–Crippen MR) is 139 cm³/mol. The Morgan fingerprint density at radius 2 is 1.81 bits per heavy atom. The van der Waals surface area contributed by atoms with Crippen molar-refractivity contribution in [3.63, 3.8) is 0 Å². The largest absolute Gasteiger partial charge is 0.444 e. The van der Waals surface area contributed by atoms with Crippen molar-refractivity contribution in [3.8, 4) is 28.6 Å². The third-order valence-corrected chi connectivity index (χ3v) is 5.07. The Morgan fingerprint density at radius 3 is 2.46 bits per heavy atom. The van der Waals surface area contributed by atoms with Crippen molar-refractivity contribution in [2.75, 3.05) is 5.32 Å². The molecule has 2 heterocycles. The summed E-state index contributed by atoms with van der Waals surface area (Å²) in [5.41, 5.74) is 0.353. The van der Waals surface area contributed by atoms with Crippen molar-refractivity contribution in [1.29, 1.82) is 0 Å². The Kier molecular flexibility index (Phi) is 9.41. The van der Waals surface area contributed by atoms with Gasteiger partial charge in [0.1, 0.15) is 17.0 Å². The average molecular weight is 530 g/mol. The van der Waals surface area contributed by atoms with Gasteiger partial charge in [0, 0.05) is 30.4 Å². The second-order valence-electron chi connectivity index (χ2n) is 9.16. The van der Waals surface area contributed by atoms with Crippen molar-refractivity contribution >= 4 is 29.4 Å². The van der Waals surface area contributed by atoms with Gasteiger partial charge in [0.2, 0.25) is 0 Å². The molecular formula is C27H29ClFN3O5. The van der Waals surface area contributed by atoms with Crippen molar-refractivity contribution in [2.45, 2.75) is 59.0 Å². The molecule has 1 amide bonds. The molecule has 1 N–H and O–H groups in total. The van der Waals surface area contributed by atoms with E-state index >= 15 is 0 Å². The Hall–Kier alpha value is -3.72. The van der Waals surface area contributed by atoms with Gasteiger partial charge in [-0.25, -0.2) is 14.2 Å². The van der Waals surface area contributed by atoms with Gasteiger partial charge < -0.3 is 14.2 Å². The second-order valence-corrected chi connectivity index (χ2v) is 9.59. The van der Waals surface area contributed by atoms with Gasteiger partial charge in [-0.15, -0.1) is 0 Å². The summed E-state index contributed by atoms with van der Waals surface area (Å²) in [4.78, 5) is 33.3. The van der Waals surface area contributed by atoms with Crippen molar-refractivity contribution in [1.82, 2.24) is 9.97 Å². The summed E-state index contributed by atoms with van der Waals surface area (Å²) in [6.45, 7) is 7.26. The van der Waals surface area contributed by atoms with E-state index in [1.54, 1.807) is 45.0 Å². The van der Waals surface area contributed by atoms with Crippen LogP contribution in [0.15, 0.2) is 48.8 Å². The van der Waals surface area contributed by atoms with E-state index in [4.69, 9.17) is 25.8 Å². The molecule has 0 atom stereocenters. The van der Waals surface area contributed by atoms with E-state index in [-0.39, 0.29) is 28.8 Å². The molecule has 8 nitrogen and oxygen atoms in total. The van der Waals surface area contributed by atoms with Crippen LogP contribution in [-0.2, 0) is 9.53 Å². The van der Waals surface area contributed by atoms with Crippen LogP contribution in [0, 0.1) is 5.82 Å². The first kappa shape index (κ1) is 27.9. The van der Waals surface area contributed by atoms with Crippen LogP contribution in [0.25, 0.3) is 11.3 Å². The molecular weight excluding hydrogens is 501 g/mol. The number of hydrogen-bond acceptors (Lipinski definition) is 7. The molecule has 0 saturated carbocycles. The number of nitrogens with zero attached hydrogens (tertiary/aromatic N) is 2. The maximum absolute atomic E-state index is 14.0. The van der Waals surface area contributed by atoms with Crippen LogP contribution in [0.2, 0.25) is 5.02 Å². The first-order valence-electron chi connectivity index (χ1n) is 11.8. The van der Waals surface area contributed by atoms with Gasteiger partial charge in [0.25, 0.3) is 5.88 Å². The van der Waals surface area contributed by atoms with Gasteiger partial charge in [-0.2, -0.15) is 0 Å². The van der Waals surface area contributed by atoms with Gasteiger partial charge in [-0.3, -0.25) is 15.1 Å². The van der Waals surface area contributed by atoms with Crippen LogP contribution >= 0.6 is 11.6 Å². The maximum Gasteiger partial charge on any atom is 0.412 e. The van der Waals surface area contributed by atoms with Crippen molar-refractivity contribution < 1.29 is 28.2 Å². The fourth-order valence-electron chi connectivity index (χ4n) is 3.24. The maximum atomic E-state index is 14.0. The number of pyridine rings is 2. The fourth-order valence-corrected chi connectivity index (χ4v) is 3.38. The summed E-state index contributed by atoms with van der Waals surface area (Å²) < 4.78 is 30.5. The summed E-state index contributed by atoms with van der Waals surface area (Å²) in [6.07, 6.45) is 4.85.